The highest BCUT2D eigenvalue weighted by Gasteiger charge is 1.94. The monoisotopic (exact) mass is 212 g/mol. The minimum absolute atomic E-state index is 0.0602. The van der Waals surface area contributed by atoms with Gasteiger partial charge in [0.25, 0.3) is 0 Å². The normalized spacial score (nSPS) is 8.33. The fraction of sp³-hybridized carbons (Fsp3) is 0.333. The number of benzene rings is 1. The van der Waals surface area contributed by atoms with Crippen LogP contribution in [-0.4, -0.2) is 21.4 Å². The topological polar surface area (TPSA) is 60.7 Å². The third-order valence-corrected chi connectivity index (χ3v) is 1.13. The Morgan fingerprint density at radius 3 is 1.73 bits per heavy atom. The maximum atomic E-state index is 8.85. The van der Waals surface area contributed by atoms with Gasteiger partial charge in [-0.2, -0.15) is 0 Å². The van der Waals surface area contributed by atoms with E-state index in [9.17, 15) is 0 Å². The van der Waals surface area contributed by atoms with Gasteiger partial charge in [-0.3, -0.25) is 0 Å². The number of hydrogen-bond donors (Lipinski definition) is 3. The lowest BCUT2D eigenvalue weighted by atomic mass is 10.2. The van der Waals surface area contributed by atoms with Crippen molar-refractivity contribution in [2.75, 3.05) is 0 Å². The molecular formula is C12H20O3. The van der Waals surface area contributed by atoms with E-state index >= 15 is 0 Å². The number of aromatic hydroxyl groups is 2. The van der Waals surface area contributed by atoms with E-state index in [-0.39, 0.29) is 17.6 Å². The van der Waals surface area contributed by atoms with Crippen molar-refractivity contribution in [3.05, 3.63) is 36.9 Å². The summed E-state index contributed by atoms with van der Waals surface area (Å²) in [5, 5.41) is 25.7. The summed E-state index contributed by atoms with van der Waals surface area (Å²) in [5.41, 5.74) is 0.935. The van der Waals surface area contributed by atoms with Crippen molar-refractivity contribution >= 4 is 0 Å². The second-order valence-electron chi connectivity index (χ2n) is 3.09. The number of phenolic OH excluding ortho intramolecular Hbond substituents is 2. The predicted octanol–water partition coefficient (Wildman–Crippen LogP) is 2.60. The Morgan fingerprint density at radius 1 is 1.07 bits per heavy atom. The molecule has 15 heavy (non-hydrogen) atoms. The maximum absolute atomic E-state index is 8.85. The lowest BCUT2D eigenvalue weighted by molar-refractivity contribution is 0.216. The largest absolute Gasteiger partial charge is 0.504 e. The van der Waals surface area contributed by atoms with Gasteiger partial charge in [0.05, 0.1) is 0 Å². The van der Waals surface area contributed by atoms with Crippen LogP contribution in [0, 0.1) is 6.92 Å². The number of rotatable bonds is 0. The molecule has 0 saturated carbocycles. The van der Waals surface area contributed by atoms with E-state index in [1.54, 1.807) is 19.9 Å². The second kappa shape index (κ2) is 9.09. The lowest BCUT2D eigenvalue weighted by Crippen LogP contribution is -1.85. The van der Waals surface area contributed by atoms with Gasteiger partial charge in [0.2, 0.25) is 0 Å². The highest BCUT2D eigenvalue weighted by molar-refractivity contribution is 5.39. The second-order valence-corrected chi connectivity index (χ2v) is 3.09. The van der Waals surface area contributed by atoms with Gasteiger partial charge >= 0.3 is 0 Å². The molecule has 0 fully saturated rings. The summed E-state index contributed by atoms with van der Waals surface area (Å²) in [4.78, 5) is 0. The first-order valence-electron chi connectivity index (χ1n) is 4.60. The van der Waals surface area contributed by atoms with Gasteiger partial charge in [0.1, 0.15) is 0 Å². The smallest absolute Gasteiger partial charge is 0.157 e. The highest BCUT2D eigenvalue weighted by Crippen LogP contribution is 2.23. The molecule has 0 saturated heterocycles. The Hall–Kier alpha value is -1.48. The summed E-state index contributed by atoms with van der Waals surface area (Å²) in [7, 11) is 0. The molecule has 3 heteroatoms. The van der Waals surface area contributed by atoms with Crippen LogP contribution in [0.4, 0.5) is 0 Å². The first-order chi connectivity index (χ1) is 6.93. The summed E-state index contributed by atoms with van der Waals surface area (Å²) in [6, 6.07) is 4.70. The third-order valence-electron chi connectivity index (χ3n) is 1.13. The van der Waals surface area contributed by atoms with Crippen LogP contribution >= 0.6 is 0 Å². The van der Waals surface area contributed by atoms with E-state index < -0.39 is 0 Å². The van der Waals surface area contributed by atoms with E-state index in [0.717, 1.165) is 5.56 Å². The van der Waals surface area contributed by atoms with E-state index in [0.29, 0.717) is 0 Å². The molecule has 0 aromatic heterocycles. The lowest BCUT2D eigenvalue weighted by Gasteiger charge is -1.95. The number of aryl methyl sites for hydroxylation is 1. The molecule has 0 atom stereocenters. The first kappa shape index (κ1) is 16.0. The molecule has 0 aliphatic carbocycles. The van der Waals surface area contributed by atoms with Gasteiger partial charge in [-0.05, 0) is 38.5 Å². The van der Waals surface area contributed by atoms with Crippen LogP contribution < -0.4 is 0 Å². The Kier molecular flexibility index (Phi) is 9.68. The average molecular weight is 212 g/mol. The Labute approximate surface area is 91.3 Å². The van der Waals surface area contributed by atoms with Crippen LogP contribution in [0.5, 0.6) is 11.5 Å². The molecule has 0 spiro atoms. The van der Waals surface area contributed by atoms with Gasteiger partial charge < -0.3 is 15.3 Å². The van der Waals surface area contributed by atoms with Crippen molar-refractivity contribution in [2.24, 2.45) is 0 Å². The molecule has 0 aliphatic heterocycles. The molecule has 0 amide bonds. The highest BCUT2D eigenvalue weighted by atomic mass is 16.3. The standard InChI is InChI=1S/C7H8O2.C3H8O.C2H4/c1-5-2-3-6(8)7(9)4-5;1-3(2)4;1-2/h2-4,8-9H,1H3;3-4H,1-2H3;1-2H2. The van der Waals surface area contributed by atoms with Gasteiger partial charge in [-0.25, -0.2) is 0 Å². The summed E-state index contributed by atoms with van der Waals surface area (Å²) in [6.07, 6.45) is -0.167. The Morgan fingerprint density at radius 2 is 1.47 bits per heavy atom. The quantitative estimate of drug-likeness (QED) is 0.457. The van der Waals surface area contributed by atoms with Crippen molar-refractivity contribution in [3.63, 3.8) is 0 Å². The van der Waals surface area contributed by atoms with Crippen molar-refractivity contribution in [1.82, 2.24) is 0 Å². The minimum atomic E-state index is -0.167. The van der Waals surface area contributed by atoms with Gasteiger partial charge in [0.15, 0.2) is 11.5 Å². The molecular weight excluding hydrogens is 192 g/mol. The number of aliphatic hydroxyl groups is 1. The SMILES string of the molecule is C=C.CC(C)O.Cc1ccc(O)c(O)c1. The maximum Gasteiger partial charge on any atom is 0.157 e. The molecule has 1 aromatic carbocycles. The van der Waals surface area contributed by atoms with E-state index in [1.807, 2.05) is 6.92 Å². The minimum Gasteiger partial charge on any atom is -0.504 e. The van der Waals surface area contributed by atoms with E-state index in [1.165, 1.54) is 12.1 Å². The van der Waals surface area contributed by atoms with Crippen molar-refractivity contribution in [1.29, 1.82) is 0 Å². The Bertz CT molecular complexity index is 267. The van der Waals surface area contributed by atoms with Crippen molar-refractivity contribution < 1.29 is 15.3 Å². The van der Waals surface area contributed by atoms with Gasteiger partial charge in [-0.15, -0.1) is 13.2 Å². The predicted molar refractivity (Wildman–Crippen MR) is 63.1 cm³/mol. The molecule has 3 N–H and O–H groups in total. The fourth-order valence-electron chi connectivity index (χ4n) is 0.633. The molecule has 0 bridgehead atoms. The zero-order chi connectivity index (χ0) is 12.4. The first-order valence-corrected chi connectivity index (χ1v) is 4.60. The molecule has 86 valence electrons. The number of aliphatic hydroxyl groups excluding tert-OH is 1. The zero-order valence-electron chi connectivity index (χ0n) is 9.57. The number of phenols is 2. The van der Waals surface area contributed by atoms with Crippen LogP contribution in [0.2, 0.25) is 0 Å². The Balaban J connectivity index is 0. The molecule has 1 rings (SSSR count). The van der Waals surface area contributed by atoms with Gasteiger partial charge in [-0.1, -0.05) is 6.07 Å². The molecule has 0 heterocycles. The van der Waals surface area contributed by atoms with Crippen LogP contribution in [0.15, 0.2) is 31.4 Å². The van der Waals surface area contributed by atoms with Gasteiger partial charge in [0, 0.05) is 6.10 Å². The third kappa shape index (κ3) is 10.4. The zero-order valence-corrected chi connectivity index (χ0v) is 9.57. The summed E-state index contributed by atoms with van der Waals surface area (Å²) in [5.74, 6) is -0.129. The summed E-state index contributed by atoms with van der Waals surface area (Å²) >= 11 is 0. The average Bonchev–Trinajstić information content (AvgIpc) is 2.14. The molecule has 3 nitrogen and oxygen atoms in total. The van der Waals surface area contributed by atoms with Crippen LogP contribution in [0.3, 0.4) is 0 Å². The molecule has 0 unspecified atom stereocenters. The fourth-order valence-corrected chi connectivity index (χ4v) is 0.633. The molecule has 1 aromatic rings. The van der Waals surface area contributed by atoms with E-state index in [4.69, 9.17) is 15.3 Å². The summed E-state index contributed by atoms with van der Waals surface area (Å²) < 4.78 is 0. The van der Waals surface area contributed by atoms with Crippen LogP contribution in [0.25, 0.3) is 0 Å². The van der Waals surface area contributed by atoms with Crippen LogP contribution in [-0.2, 0) is 0 Å². The molecule has 0 aliphatic rings. The molecule has 0 radical (unpaired) electrons. The number of hydrogen-bond acceptors (Lipinski definition) is 3. The van der Waals surface area contributed by atoms with Crippen LogP contribution in [0.1, 0.15) is 19.4 Å². The summed E-state index contributed by atoms with van der Waals surface area (Å²) in [6.45, 7) is 11.3. The van der Waals surface area contributed by atoms with E-state index in [2.05, 4.69) is 13.2 Å². The van der Waals surface area contributed by atoms with Crippen molar-refractivity contribution in [3.8, 4) is 11.5 Å². The van der Waals surface area contributed by atoms with Crippen molar-refractivity contribution in [2.45, 2.75) is 26.9 Å².